The monoisotopic (exact) mass is 307 g/mol. The quantitative estimate of drug-likeness (QED) is 0.839. The zero-order valence-corrected chi connectivity index (χ0v) is 14.6. The SMILES string of the molecule is CCNC(CSC(C)(C)C)CC1CCOc2ccccc21. The molecule has 1 N–H and O–H groups in total. The molecule has 0 saturated carbocycles. The summed E-state index contributed by atoms with van der Waals surface area (Å²) < 4.78 is 6.12. The van der Waals surface area contributed by atoms with Gasteiger partial charge in [0.2, 0.25) is 0 Å². The number of fused-ring (bicyclic) bond motifs is 1. The second-order valence-corrected chi connectivity index (χ2v) is 8.63. The third-order valence-electron chi connectivity index (χ3n) is 3.86. The molecular formula is C18H29NOS. The minimum Gasteiger partial charge on any atom is -0.493 e. The maximum atomic E-state index is 5.78. The van der Waals surface area contributed by atoms with E-state index in [2.05, 4.69) is 69.0 Å². The number of para-hydroxylation sites is 1. The molecule has 0 amide bonds. The predicted octanol–water partition coefficient (Wildman–Crippen LogP) is 4.45. The average Bonchev–Trinajstić information content (AvgIpc) is 2.44. The molecule has 0 spiro atoms. The largest absolute Gasteiger partial charge is 0.493 e. The van der Waals surface area contributed by atoms with E-state index in [1.165, 1.54) is 17.7 Å². The first-order chi connectivity index (χ1) is 9.99. The number of benzene rings is 1. The molecule has 1 aliphatic heterocycles. The summed E-state index contributed by atoms with van der Waals surface area (Å²) >= 11 is 2.06. The zero-order valence-electron chi connectivity index (χ0n) is 13.8. The Kier molecular flexibility index (Phi) is 6.00. The molecule has 2 nitrogen and oxygen atoms in total. The highest BCUT2D eigenvalue weighted by Crippen LogP contribution is 2.37. The lowest BCUT2D eigenvalue weighted by Crippen LogP contribution is -2.35. The van der Waals surface area contributed by atoms with Crippen LogP contribution in [0, 0.1) is 0 Å². The van der Waals surface area contributed by atoms with Crippen LogP contribution in [0.25, 0.3) is 0 Å². The lowest BCUT2D eigenvalue weighted by Gasteiger charge is -2.30. The van der Waals surface area contributed by atoms with Crippen LogP contribution in [-0.4, -0.2) is 29.7 Å². The van der Waals surface area contributed by atoms with E-state index in [9.17, 15) is 0 Å². The fourth-order valence-electron chi connectivity index (χ4n) is 2.85. The van der Waals surface area contributed by atoms with Crippen molar-refractivity contribution in [2.45, 2.75) is 57.2 Å². The van der Waals surface area contributed by atoms with Crippen LogP contribution in [0.4, 0.5) is 0 Å². The second kappa shape index (κ2) is 7.55. The van der Waals surface area contributed by atoms with Gasteiger partial charge in [0.1, 0.15) is 5.75 Å². The molecule has 118 valence electrons. The normalized spacial score (nSPS) is 19.7. The van der Waals surface area contributed by atoms with Crippen LogP contribution in [0.5, 0.6) is 5.75 Å². The highest BCUT2D eigenvalue weighted by Gasteiger charge is 2.25. The molecule has 2 unspecified atom stereocenters. The Labute approximate surface area is 134 Å². The van der Waals surface area contributed by atoms with E-state index < -0.39 is 0 Å². The first kappa shape index (κ1) is 16.7. The van der Waals surface area contributed by atoms with Crippen molar-refractivity contribution < 1.29 is 4.74 Å². The summed E-state index contributed by atoms with van der Waals surface area (Å²) in [7, 11) is 0. The lowest BCUT2D eigenvalue weighted by molar-refractivity contribution is 0.257. The minimum absolute atomic E-state index is 0.335. The zero-order chi connectivity index (χ0) is 15.3. The number of hydrogen-bond acceptors (Lipinski definition) is 3. The summed E-state index contributed by atoms with van der Waals surface area (Å²) in [6, 6.07) is 9.12. The Balaban J connectivity index is 2.00. The predicted molar refractivity (Wildman–Crippen MR) is 93.6 cm³/mol. The molecule has 1 aromatic carbocycles. The molecule has 0 bridgehead atoms. The van der Waals surface area contributed by atoms with Gasteiger partial charge in [-0.1, -0.05) is 45.9 Å². The van der Waals surface area contributed by atoms with E-state index in [1.54, 1.807) is 0 Å². The molecule has 21 heavy (non-hydrogen) atoms. The second-order valence-electron chi connectivity index (χ2n) is 6.79. The van der Waals surface area contributed by atoms with Crippen molar-refractivity contribution in [1.82, 2.24) is 5.32 Å². The van der Waals surface area contributed by atoms with Crippen molar-refractivity contribution in [3.05, 3.63) is 29.8 Å². The van der Waals surface area contributed by atoms with Crippen molar-refractivity contribution in [3.8, 4) is 5.75 Å². The number of rotatable bonds is 6. The molecule has 0 radical (unpaired) electrons. The van der Waals surface area contributed by atoms with Crippen LogP contribution >= 0.6 is 11.8 Å². The molecule has 1 aliphatic rings. The highest BCUT2D eigenvalue weighted by molar-refractivity contribution is 8.00. The van der Waals surface area contributed by atoms with Gasteiger partial charge in [0.15, 0.2) is 0 Å². The van der Waals surface area contributed by atoms with Crippen LogP contribution < -0.4 is 10.1 Å². The molecule has 0 aromatic heterocycles. The van der Waals surface area contributed by atoms with Crippen LogP contribution in [0.2, 0.25) is 0 Å². The maximum Gasteiger partial charge on any atom is 0.122 e. The number of hydrogen-bond donors (Lipinski definition) is 1. The van der Waals surface area contributed by atoms with Crippen LogP contribution in [0.3, 0.4) is 0 Å². The van der Waals surface area contributed by atoms with Crippen molar-refractivity contribution in [2.24, 2.45) is 0 Å². The first-order valence-corrected chi connectivity index (χ1v) is 9.07. The smallest absolute Gasteiger partial charge is 0.122 e. The average molecular weight is 308 g/mol. The summed E-state index contributed by atoms with van der Waals surface area (Å²) in [5.74, 6) is 2.89. The van der Waals surface area contributed by atoms with Gasteiger partial charge in [-0.2, -0.15) is 11.8 Å². The van der Waals surface area contributed by atoms with Crippen molar-refractivity contribution in [2.75, 3.05) is 18.9 Å². The van der Waals surface area contributed by atoms with Gasteiger partial charge in [0, 0.05) is 16.5 Å². The minimum atomic E-state index is 0.335. The molecule has 1 aromatic rings. The summed E-state index contributed by atoms with van der Waals surface area (Å²) in [4.78, 5) is 0. The van der Waals surface area contributed by atoms with E-state index in [0.717, 1.165) is 25.3 Å². The van der Waals surface area contributed by atoms with E-state index in [-0.39, 0.29) is 0 Å². The summed E-state index contributed by atoms with van der Waals surface area (Å²) in [5.41, 5.74) is 1.40. The van der Waals surface area contributed by atoms with Gasteiger partial charge in [-0.05, 0) is 36.9 Å². The Morgan fingerprint density at radius 3 is 2.81 bits per heavy atom. The first-order valence-electron chi connectivity index (χ1n) is 8.08. The van der Waals surface area contributed by atoms with Crippen LogP contribution in [0.1, 0.15) is 52.0 Å². The number of thioether (sulfide) groups is 1. The fourth-order valence-corrected chi connectivity index (χ4v) is 3.81. The number of nitrogens with one attached hydrogen (secondary N) is 1. The topological polar surface area (TPSA) is 21.3 Å². The van der Waals surface area contributed by atoms with Crippen molar-refractivity contribution in [3.63, 3.8) is 0 Å². The standard InChI is InChI=1S/C18H29NOS/c1-5-19-15(13-21-18(2,3)4)12-14-10-11-20-17-9-7-6-8-16(14)17/h6-9,14-15,19H,5,10-13H2,1-4H3. The molecule has 0 aliphatic carbocycles. The Bertz CT molecular complexity index is 441. The van der Waals surface area contributed by atoms with E-state index in [1.807, 2.05) is 0 Å². The van der Waals surface area contributed by atoms with Gasteiger partial charge in [0.25, 0.3) is 0 Å². The summed E-state index contributed by atoms with van der Waals surface area (Å²) in [6.45, 7) is 11.0. The maximum absolute atomic E-state index is 5.78. The lowest BCUT2D eigenvalue weighted by atomic mass is 9.88. The van der Waals surface area contributed by atoms with Crippen molar-refractivity contribution >= 4 is 11.8 Å². The molecule has 2 atom stereocenters. The van der Waals surface area contributed by atoms with E-state index in [4.69, 9.17) is 4.74 Å². The molecule has 3 heteroatoms. The number of ether oxygens (including phenoxy) is 1. The molecule has 1 heterocycles. The van der Waals surface area contributed by atoms with E-state index >= 15 is 0 Å². The van der Waals surface area contributed by atoms with Gasteiger partial charge >= 0.3 is 0 Å². The Morgan fingerprint density at radius 1 is 1.33 bits per heavy atom. The highest BCUT2D eigenvalue weighted by atomic mass is 32.2. The third-order valence-corrected chi connectivity index (χ3v) is 5.30. The summed E-state index contributed by atoms with van der Waals surface area (Å²) in [5, 5.41) is 3.67. The molecule has 0 saturated heterocycles. The molecule has 0 fully saturated rings. The van der Waals surface area contributed by atoms with Gasteiger partial charge in [-0.15, -0.1) is 0 Å². The Hall–Kier alpha value is -0.670. The molecule has 2 rings (SSSR count). The molecular weight excluding hydrogens is 278 g/mol. The Morgan fingerprint density at radius 2 is 2.10 bits per heavy atom. The van der Waals surface area contributed by atoms with Crippen LogP contribution in [0.15, 0.2) is 24.3 Å². The fraction of sp³-hybridized carbons (Fsp3) is 0.667. The van der Waals surface area contributed by atoms with E-state index in [0.29, 0.717) is 16.7 Å². The third kappa shape index (κ3) is 5.23. The van der Waals surface area contributed by atoms with Gasteiger partial charge in [0.05, 0.1) is 6.61 Å². The van der Waals surface area contributed by atoms with Crippen molar-refractivity contribution in [1.29, 1.82) is 0 Å². The summed E-state index contributed by atoms with van der Waals surface area (Å²) in [6.07, 6.45) is 2.34. The van der Waals surface area contributed by atoms with Gasteiger partial charge in [-0.3, -0.25) is 0 Å². The van der Waals surface area contributed by atoms with Gasteiger partial charge in [-0.25, -0.2) is 0 Å². The van der Waals surface area contributed by atoms with Crippen LogP contribution in [-0.2, 0) is 0 Å². The van der Waals surface area contributed by atoms with Gasteiger partial charge < -0.3 is 10.1 Å².